The van der Waals surface area contributed by atoms with Crippen LogP contribution in [0.3, 0.4) is 0 Å². The number of rotatable bonds is 11. The monoisotopic (exact) mass is 418 g/mol. The predicted molar refractivity (Wildman–Crippen MR) is 123 cm³/mol. The lowest BCUT2D eigenvalue weighted by Crippen LogP contribution is -2.12. The quantitative estimate of drug-likeness (QED) is 0.209. The maximum atomic E-state index is 12.1. The molecule has 0 bridgehead atoms. The number of nitrogens with two attached hydrogens (primary N) is 2. The molecule has 0 atom stereocenters. The van der Waals surface area contributed by atoms with Crippen molar-refractivity contribution in [3.63, 3.8) is 0 Å². The average Bonchev–Trinajstić information content (AvgIpc) is 2.79. The fourth-order valence-corrected chi connectivity index (χ4v) is 2.78. The third-order valence-corrected chi connectivity index (χ3v) is 4.38. The van der Waals surface area contributed by atoms with E-state index in [4.69, 9.17) is 25.7 Å². The highest BCUT2D eigenvalue weighted by Crippen LogP contribution is 2.23. The molecule has 0 spiro atoms. The lowest BCUT2D eigenvalue weighted by molar-refractivity contribution is 0.0766. The molecule has 0 aliphatic heterocycles. The van der Waals surface area contributed by atoms with Gasteiger partial charge in [-0.1, -0.05) is 48.5 Å². The summed E-state index contributed by atoms with van der Waals surface area (Å²) in [6.45, 7) is 1.67. The Hall–Kier alpha value is -3.77. The molecule has 160 valence electrons. The number of ether oxygens (including phenoxy) is 3. The second-order valence-corrected chi connectivity index (χ2v) is 6.74. The van der Waals surface area contributed by atoms with Gasteiger partial charge < -0.3 is 25.7 Å². The Morgan fingerprint density at radius 2 is 1.52 bits per heavy atom. The van der Waals surface area contributed by atoms with Crippen LogP contribution < -0.4 is 20.9 Å². The first-order chi connectivity index (χ1) is 15.1. The maximum Gasteiger partial charge on any atom is 0.185 e. The summed E-state index contributed by atoms with van der Waals surface area (Å²) in [7, 11) is 0. The summed E-state index contributed by atoms with van der Waals surface area (Å²) in [5.74, 6) is 1.30. The number of hydrogen-bond donors (Lipinski definition) is 2. The van der Waals surface area contributed by atoms with Crippen molar-refractivity contribution in [1.82, 2.24) is 0 Å². The molecular formula is C25H26N2O4. The number of allylic oxidation sites excluding steroid dienone is 1. The van der Waals surface area contributed by atoms with Gasteiger partial charge in [0.1, 0.15) is 24.7 Å². The van der Waals surface area contributed by atoms with Crippen LogP contribution in [0, 0.1) is 0 Å². The maximum absolute atomic E-state index is 12.1. The smallest absolute Gasteiger partial charge is 0.185 e. The van der Waals surface area contributed by atoms with Crippen molar-refractivity contribution in [2.75, 3.05) is 37.9 Å². The van der Waals surface area contributed by atoms with E-state index in [0.29, 0.717) is 49.1 Å². The van der Waals surface area contributed by atoms with Crippen molar-refractivity contribution in [3.8, 4) is 11.5 Å². The summed E-state index contributed by atoms with van der Waals surface area (Å²) in [6, 6.07) is 21.8. The molecule has 0 fully saturated rings. The van der Waals surface area contributed by atoms with E-state index < -0.39 is 0 Å². The largest absolute Gasteiger partial charge is 0.491 e. The van der Waals surface area contributed by atoms with Crippen molar-refractivity contribution < 1.29 is 19.0 Å². The average molecular weight is 418 g/mol. The molecule has 0 aliphatic rings. The Kier molecular flexibility index (Phi) is 8.08. The van der Waals surface area contributed by atoms with Crippen molar-refractivity contribution in [3.05, 3.63) is 90.0 Å². The zero-order valence-electron chi connectivity index (χ0n) is 17.2. The van der Waals surface area contributed by atoms with Gasteiger partial charge in [0, 0.05) is 11.3 Å². The van der Waals surface area contributed by atoms with Gasteiger partial charge in [-0.15, -0.1) is 0 Å². The van der Waals surface area contributed by atoms with Crippen LogP contribution in [0.5, 0.6) is 11.5 Å². The first-order valence-corrected chi connectivity index (χ1v) is 9.98. The van der Waals surface area contributed by atoms with Crippen molar-refractivity contribution >= 4 is 23.2 Å². The summed E-state index contributed by atoms with van der Waals surface area (Å²) >= 11 is 0. The molecule has 3 rings (SSSR count). The number of nitrogen functional groups attached to an aromatic ring is 2. The van der Waals surface area contributed by atoms with Gasteiger partial charge in [-0.3, -0.25) is 4.79 Å². The summed E-state index contributed by atoms with van der Waals surface area (Å²) in [5.41, 5.74) is 14.2. The van der Waals surface area contributed by atoms with Crippen LogP contribution in [0.4, 0.5) is 11.4 Å². The molecule has 6 nitrogen and oxygen atoms in total. The Balaban J connectivity index is 1.32. The van der Waals surface area contributed by atoms with E-state index >= 15 is 0 Å². The van der Waals surface area contributed by atoms with Gasteiger partial charge in [-0.2, -0.15) is 0 Å². The molecular weight excluding hydrogens is 392 g/mol. The van der Waals surface area contributed by atoms with E-state index in [2.05, 4.69) is 0 Å². The summed E-state index contributed by atoms with van der Waals surface area (Å²) in [4.78, 5) is 12.1. The molecule has 0 heterocycles. The Labute approximate surface area is 182 Å². The van der Waals surface area contributed by atoms with E-state index in [1.165, 1.54) is 0 Å². The SMILES string of the molecule is Nc1ccc(OCCOCCOc2ccc(C=CC(=O)c3ccccc3)cc2)c(N)c1. The van der Waals surface area contributed by atoms with Gasteiger partial charge >= 0.3 is 0 Å². The Morgan fingerprint density at radius 3 is 2.23 bits per heavy atom. The van der Waals surface area contributed by atoms with Crippen LogP contribution in [-0.4, -0.2) is 32.2 Å². The van der Waals surface area contributed by atoms with Gasteiger partial charge in [-0.25, -0.2) is 0 Å². The van der Waals surface area contributed by atoms with E-state index in [1.807, 2.05) is 42.5 Å². The molecule has 0 aromatic heterocycles. The number of carbonyl (C=O) groups excluding carboxylic acids is 1. The molecule has 3 aromatic carbocycles. The number of benzene rings is 3. The summed E-state index contributed by atoms with van der Waals surface area (Å²) < 4.78 is 16.7. The minimum Gasteiger partial charge on any atom is -0.491 e. The first kappa shape index (κ1) is 21.9. The second-order valence-electron chi connectivity index (χ2n) is 6.74. The van der Waals surface area contributed by atoms with Crippen LogP contribution in [0.15, 0.2) is 78.9 Å². The third-order valence-electron chi connectivity index (χ3n) is 4.38. The van der Waals surface area contributed by atoms with Gasteiger partial charge in [-0.05, 0) is 42.0 Å². The fourth-order valence-electron chi connectivity index (χ4n) is 2.78. The molecule has 0 unspecified atom stereocenters. The van der Waals surface area contributed by atoms with Gasteiger partial charge in [0.25, 0.3) is 0 Å². The van der Waals surface area contributed by atoms with Crippen LogP contribution >= 0.6 is 0 Å². The normalized spacial score (nSPS) is 10.8. The number of ketones is 1. The summed E-state index contributed by atoms with van der Waals surface area (Å²) in [6.07, 6.45) is 3.36. The lowest BCUT2D eigenvalue weighted by Gasteiger charge is -2.10. The van der Waals surface area contributed by atoms with Crippen molar-refractivity contribution in [2.24, 2.45) is 0 Å². The van der Waals surface area contributed by atoms with E-state index in [1.54, 1.807) is 42.5 Å². The molecule has 31 heavy (non-hydrogen) atoms. The van der Waals surface area contributed by atoms with Crippen molar-refractivity contribution in [2.45, 2.75) is 0 Å². The van der Waals surface area contributed by atoms with E-state index in [9.17, 15) is 4.79 Å². The van der Waals surface area contributed by atoms with Crippen LogP contribution in [0.2, 0.25) is 0 Å². The topological polar surface area (TPSA) is 96.8 Å². The summed E-state index contributed by atoms with van der Waals surface area (Å²) in [5, 5.41) is 0. The number of anilines is 2. The Bertz CT molecular complexity index is 1000. The zero-order chi connectivity index (χ0) is 21.9. The van der Waals surface area contributed by atoms with Gasteiger partial charge in [0.05, 0.1) is 18.9 Å². The molecule has 0 saturated heterocycles. The molecule has 4 N–H and O–H groups in total. The van der Waals surface area contributed by atoms with E-state index in [-0.39, 0.29) is 5.78 Å². The molecule has 0 amide bonds. The lowest BCUT2D eigenvalue weighted by atomic mass is 10.1. The standard InChI is InChI=1S/C25H26N2O4/c26-21-9-13-25(23(27)18-21)31-17-15-29-14-16-30-22-10-6-19(7-11-22)8-12-24(28)20-4-2-1-3-5-20/h1-13,18H,14-17,26-27H2. The molecule has 6 heteroatoms. The Morgan fingerprint density at radius 1 is 0.806 bits per heavy atom. The van der Waals surface area contributed by atoms with Crippen LogP contribution in [-0.2, 0) is 4.74 Å². The third kappa shape index (κ3) is 7.21. The molecule has 0 aliphatic carbocycles. The number of carbonyl (C=O) groups is 1. The van der Waals surface area contributed by atoms with Crippen LogP contribution in [0.25, 0.3) is 6.08 Å². The van der Waals surface area contributed by atoms with Gasteiger partial charge in [0.2, 0.25) is 0 Å². The van der Waals surface area contributed by atoms with Gasteiger partial charge in [0.15, 0.2) is 5.78 Å². The first-order valence-electron chi connectivity index (χ1n) is 9.98. The second kappa shape index (κ2) is 11.4. The van der Waals surface area contributed by atoms with E-state index in [0.717, 1.165) is 11.3 Å². The zero-order valence-corrected chi connectivity index (χ0v) is 17.2. The highest BCUT2D eigenvalue weighted by Gasteiger charge is 2.01. The molecule has 0 saturated carbocycles. The van der Waals surface area contributed by atoms with Crippen LogP contribution in [0.1, 0.15) is 15.9 Å². The fraction of sp³-hybridized carbons (Fsp3) is 0.160. The minimum absolute atomic E-state index is 0.0267. The minimum atomic E-state index is -0.0267. The predicted octanol–water partition coefficient (Wildman–Crippen LogP) is 4.22. The molecule has 3 aromatic rings. The highest BCUT2D eigenvalue weighted by molar-refractivity contribution is 6.06. The van der Waals surface area contributed by atoms with Crippen molar-refractivity contribution in [1.29, 1.82) is 0 Å². The number of hydrogen-bond acceptors (Lipinski definition) is 6. The highest BCUT2D eigenvalue weighted by atomic mass is 16.5. The molecule has 0 radical (unpaired) electrons.